The van der Waals surface area contributed by atoms with Gasteiger partial charge in [0.1, 0.15) is 5.69 Å². The van der Waals surface area contributed by atoms with Crippen molar-refractivity contribution >= 4 is 11.9 Å². The maximum absolute atomic E-state index is 12.3. The quantitative estimate of drug-likeness (QED) is 0.743. The van der Waals surface area contributed by atoms with Gasteiger partial charge in [-0.1, -0.05) is 0 Å². The SMILES string of the molecule is CN(C)Cc1n[nH]c2c1CCN(C(=O)c1ccc[nH]1)C2.O=C(O)C(F)(F)F. The molecule has 27 heavy (non-hydrogen) atoms. The molecule has 1 aliphatic rings. The standard InChI is InChI=1S/C14H19N5O.C2HF3O2/c1-18(2)8-12-10-5-7-19(9-13(10)17-16-12)14(20)11-4-3-6-15-11;3-2(4,5)1(6)7/h3-4,6,15H,5,7-9H2,1-2H3,(H,16,17);(H,6,7). The van der Waals surface area contributed by atoms with Crippen LogP contribution in [0.15, 0.2) is 18.3 Å². The van der Waals surface area contributed by atoms with Crippen LogP contribution in [0.25, 0.3) is 0 Å². The van der Waals surface area contributed by atoms with E-state index in [1.807, 2.05) is 31.1 Å². The number of aliphatic carboxylic acids is 1. The summed E-state index contributed by atoms with van der Waals surface area (Å²) in [6, 6.07) is 3.65. The second kappa shape index (κ2) is 8.25. The second-order valence-electron chi connectivity index (χ2n) is 6.23. The lowest BCUT2D eigenvalue weighted by Gasteiger charge is -2.26. The smallest absolute Gasteiger partial charge is 0.475 e. The molecule has 3 N–H and O–H groups in total. The Morgan fingerprint density at radius 1 is 1.37 bits per heavy atom. The molecule has 0 saturated carbocycles. The van der Waals surface area contributed by atoms with Crippen molar-refractivity contribution in [3.05, 3.63) is 41.0 Å². The molecular formula is C16H20F3N5O3. The molecule has 0 bridgehead atoms. The van der Waals surface area contributed by atoms with Crippen LogP contribution in [0.4, 0.5) is 13.2 Å². The van der Waals surface area contributed by atoms with Crippen LogP contribution in [0.3, 0.4) is 0 Å². The second-order valence-corrected chi connectivity index (χ2v) is 6.23. The number of rotatable bonds is 3. The molecule has 1 aliphatic heterocycles. The van der Waals surface area contributed by atoms with E-state index in [1.54, 1.807) is 6.20 Å². The molecule has 0 atom stereocenters. The summed E-state index contributed by atoms with van der Waals surface area (Å²) < 4.78 is 31.7. The summed E-state index contributed by atoms with van der Waals surface area (Å²) in [5, 5.41) is 14.6. The fourth-order valence-electron chi connectivity index (χ4n) is 2.62. The number of carboxylic acid groups (broad SMARTS) is 1. The van der Waals surface area contributed by atoms with Gasteiger partial charge in [-0.15, -0.1) is 0 Å². The van der Waals surface area contributed by atoms with Crippen molar-refractivity contribution in [1.82, 2.24) is 25.0 Å². The fraction of sp³-hybridized carbons (Fsp3) is 0.438. The minimum Gasteiger partial charge on any atom is -0.475 e. The molecule has 2 aromatic heterocycles. The van der Waals surface area contributed by atoms with Crippen molar-refractivity contribution in [3.8, 4) is 0 Å². The number of carbonyl (C=O) groups excluding carboxylic acids is 1. The number of halogens is 3. The van der Waals surface area contributed by atoms with Crippen LogP contribution >= 0.6 is 0 Å². The molecule has 8 nitrogen and oxygen atoms in total. The van der Waals surface area contributed by atoms with E-state index in [9.17, 15) is 18.0 Å². The van der Waals surface area contributed by atoms with E-state index in [-0.39, 0.29) is 5.91 Å². The van der Waals surface area contributed by atoms with Gasteiger partial charge >= 0.3 is 12.1 Å². The summed E-state index contributed by atoms with van der Waals surface area (Å²) in [7, 11) is 4.07. The van der Waals surface area contributed by atoms with Crippen LogP contribution in [0.1, 0.15) is 27.4 Å². The van der Waals surface area contributed by atoms with Crippen LogP contribution in [0.5, 0.6) is 0 Å². The van der Waals surface area contributed by atoms with Crippen LogP contribution in [0, 0.1) is 0 Å². The van der Waals surface area contributed by atoms with Gasteiger partial charge in [-0.3, -0.25) is 9.89 Å². The van der Waals surface area contributed by atoms with Crippen molar-refractivity contribution in [2.24, 2.45) is 0 Å². The lowest BCUT2D eigenvalue weighted by molar-refractivity contribution is -0.192. The molecule has 11 heteroatoms. The van der Waals surface area contributed by atoms with E-state index in [0.29, 0.717) is 12.2 Å². The zero-order valence-electron chi connectivity index (χ0n) is 14.8. The molecule has 0 aromatic carbocycles. The highest BCUT2D eigenvalue weighted by atomic mass is 19.4. The first-order chi connectivity index (χ1) is 12.6. The number of carbonyl (C=O) groups is 2. The maximum atomic E-state index is 12.3. The van der Waals surface area contributed by atoms with Gasteiger partial charge in [-0.2, -0.15) is 18.3 Å². The van der Waals surface area contributed by atoms with E-state index in [4.69, 9.17) is 9.90 Å². The molecule has 3 rings (SSSR count). The number of carboxylic acids is 1. The first kappa shape index (κ1) is 20.5. The highest BCUT2D eigenvalue weighted by Crippen LogP contribution is 2.22. The molecule has 0 fully saturated rings. The van der Waals surface area contributed by atoms with E-state index >= 15 is 0 Å². The molecule has 0 radical (unpaired) electrons. The minimum atomic E-state index is -5.08. The summed E-state index contributed by atoms with van der Waals surface area (Å²) in [5.74, 6) is -2.71. The van der Waals surface area contributed by atoms with Crippen molar-refractivity contribution in [2.75, 3.05) is 20.6 Å². The molecular weight excluding hydrogens is 367 g/mol. The van der Waals surface area contributed by atoms with Crippen LogP contribution < -0.4 is 0 Å². The number of aromatic amines is 2. The van der Waals surface area contributed by atoms with Crippen molar-refractivity contribution < 1.29 is 27.9 Å². The van der Waals surface area contributed by atoms with Crippen LogP contribution in [-0.4, -0.2) is 68.8 Å². The summed E-state index contributed by atoms with van der Waals surface area (Å²) in [4.78, 5) is 28.1. The predicted molar refractivity (Wildman–Crippen MR) is 88.9 cm³/mol. The lowest BCUT2D eigenvalue weighted by atomic mass is 10.0. The van der Waals surface area contributed by atoms with Gasteiger partial charge in [0.2, 0.25) is 0 Å². The van der Waals surface area contributed by atoms with E-state index in [0.717, 1.165) is 30.9 Å². The molecule has 2 aromatic rings. The van der Waals surface area contributed by atoms with Crippen molar-refractivity contribution in [1.29, 1.82) is 0 Å². The van der Waals surface area contributed by atoms with Crippen LogP contribution in [0.2, 0.25) is 0 Å². The van der Waals surface area contributed by atoms with Gasteiger partial charge < -0.3 is 19.9 Å². The average Bonchev–Trinajstić information content (AvgIpc) is 3.23. The normalized spacial score (nSPS) is 13.8. The maximum Gasteiger partial charge on any atom is 0.490 e. The van der Waals surface area contributed by atoms with Crippen molar-refractivity contribution in [3.63, 3.8) is 0 Å². The number of aromatic nitrogens is 3. The summed E-state index contributed by atoms with van der Waals surface area (Å²) in [5.41, 5.74) is 4.07. The molecule has 1 amide bonds. The number of fused-ring (bicyclic) bond motifs is 1. The third-order valence-electron chi connectivity index (χ3n) is 3.84. The Hall–Kier alpha value is -2.82. The molecule has 0 unspecified atom stereocenters. The summed E-state index contributed by atoms with van der Waals surface area (Å²) in [6.45, 7) is 2.18. The molecule has 0 saturated heterocycles. The number of nitrogens with zero attached hydrogens (tertiary/aromatic N) is 3. The van der Waals surface area contributed by atoms with Crippen LogP contribution in [-0.2, 0) is 24.3 Å². The van der Waals surface area contributed by atoms with Gasteiger partial charge in [-0.25, -0.2) is 4.79 Å². The highest BCUT2D eigenvalue weighted by molar-refractivity contribution is 5.92. The van der Waals surface area contributed by atoms with Gasteiger partial charge in [0.05, 0.1) is 17.9 Å². The Labute approximate surface area is 153 Å². The van der Waals surface area contributed by atoms with Gasteiger partial charge in [0.25, 0.3) is 5.91 Å². The summed E-state index contributed by atoms with van der Waals surface area (Å²) in [6.07, 6.45) is -2.45. The third kappa shape index (κ3) is 5.33. The predicted octanol–water partition coefficient (Wildman–Crippen LogP) is 1.63. The Kier molecular flexibility index (Phi) is 6.26. The Balaban J connectivity index is 0.000000321. The Morgan fingerprint density at radius 2 is 2.04 bits per heavy atom. The average molecular weight is 387 g/mol. The lowest BCUT2D eigenvalue weighted by Crippen LogP contribution is -2.36. The Bertz CT molecular complexity index is 784. The number of hydrogen-bond donors (Lipinski definition) is 3. The van der Waals surface area contributed by atoms with E-state index in [1.165, 1.54) is 5.56 Å². The number of amides is 1. The number of H-pyrrole nitrogens is 2. The molecule has 148 valence electrons. The molecule has 0 spiro atoms. The van der Waals surface area contributed by atoms with Gasteiger partial charge in [0.15, 0.2) is 0 Å². The fourth-order valence-corrected chi connectivity index (χ4v) is 2.62. The largest absolute Gasteiger partial charge is 0.490 e. The zero-order valence-corrected chi connectivity index (χ0v) is 14.8. The van der Waals surface area contributed by atoms with E-state index in [2.05, 4.69) is 20.1 Å². The van der Waals surface area contributed by atoms with Gasteiger partial charge in [-0.05, 0) is 32.6 Å². The minimum absolute atomic E-state index is 0.0457. The van der Waals surface area contributed by atoms with Gasteiger partial charge in [0, 0.05) is 24.8 Å². The monoisotopic (exact) mass is 387 g/mol. The number of alkyl halides is 3. The van der Waals surface area contributed by atoms with E-state index < -0.39 is 12.1 Å². The highest BCUT2D eigenvalue weighted by Gasteiger charge is 2.38. The summed E-state index contributed by atoms with van der Waals surface area (Å²) >= 11 is 0. The molecule has 3 heterocycles. The number of hydrogen-bond acceptors (Lipinski definition) is 4. The Morgan fingerprint density at radius 3 is 2.56 bits per heavy atom. The topological polar surface area (TPSA) is 105 Å². The zero-order chi connectivity index (χ0) is 20.2. The number of nitrogens with one attached hydrogen (secondary N) is 2. The molecule has 0 aliphatic carbocycles. The third-order valence-corrected chi connectivity index (χ3v) is 3.84. The first-order valence-electron chi connectivity index (χ1n) is 8.02. The first-order valence-corrected chi connectivity index (χ1v) is 8.02. The van der Waals surface area contributed by atoms with Crippen molar-refractivity contribution in [2.45, 2.75) is 25.7 Å².